The van der Waals surface area contributed by atoms with E-state index in [1.54, 1.807) is 0 Å². The van der Waals surface area contributed by atoms with Crippen molar-refractivity contribution in [3.05, 3.63) is 20.3 Å². The zero-order valence-electron chi connectivity index (χ0n) is 10.2. The van der Waals surface area contributed by atoms with Crippen LogP contribution < -0.4 is 5.32 Å². The second-order valence-corrected chi connectivity index (χ2v) is 6.91. The summed E-state index contributed by atoms with van der Waals surface area (Å²) >= 11 is 13.7. The van der Waals surface area contributed by atoms with Crippen molar-refractivity contribution in [3.8, 4) is 0 Å². The number of likely N-dealkylation sites (N-methyl/N-ethyl adjacent to an activating group) is 1. The van der Waals surface area contributed by atoms with Crippen LogP contribution in [-0.4, -0.2) is 31.1 Å². The Morgan fingerprint density at radius 1 is 1.53 bits per heavy atom. The molecule has 0 aliphatic carbocycles. The molecule has 2 nitrogen and oxygen atoms in total. The van der Waals surface area contributed by atoms with Gasteiger partial charge in [0.05, 0.1) is 8.67 Å². The monoisotopic (exact) mass is 292 g/mol. The maximum absolute atomic E-state index is 6.21. The van der Waals surface area contributed by atoms with Crippen molar-refractivity contribution >= 4 is 34.5 Å². The van der Waals surface area contributed by atoms with Gasteiger partial charge in [0, 0.05) is 24.2 Å². The number of rotatable bonds is 3. The highest BCUT2D eigenvalue weighted by atomic mass is 35.5. The molecule has 96 valence electrons. The number of hydrogen-bond donors (Lipinski definition) is 1. The first-order valence-corrected chi connectivity index (χ1v) is 7.54. The molecule has 1 aromatic heterocycles. The van der Waals surface area contributed by atoms with Crippen LogP contribution in [0.2, 0.25) is 8.67 Å². The second-order valence-electron chi connectivity index (χ2n) is 4.62. The van der Waals surface area contributed by atoms with Crippen LogP contribution in [0.3, 0.4) is 0 Å². The molecular weight excluding hydrogens is 275 g/mol. The van der Waals surface area contributed by atoms with E-state index < -0.39 is 0 Å². The first-order chi connectivity index (χ1) is 8.09. The Kier molecular flexibility index (Phi) is 4.72. The van der Waals surface area contributed by atoms with Gasteiger partial charge in [-0.2, -0.15) is 0 Å². The lowest BCUT2D eigenvalue weighted by atomic mass is 10.0. The average Bonchev–Trinajstić information content (AvgIpc) is 2.68. The summed E-state index contributed by atoms with van der Waals surface area (Å²) in [5.74, 6) is 0. The summed E-state index contributed by atoms with van der Waals surface area (Å²) in [5.41, 5.74) is 1.15. The van der Waals surface area contributed by atoms with Crippen molar-refractivity contribution in [2.45, 2.75) is 31.8 Å². The normalized spacial score (nSPS) is 23.0. The minimum absolute atomic E-state index is 0.316. The molecule has 2 atom stereocenters. The SMILES string of the molecule is CC(c1cc(Cl)sc1Cl)N(C)C1CCCNC1. The van der Waals surface area contributed by atoms with Crippen molar-refractivity contribution in [1.82, 2.24) is 10.2 Å². The van der Waals surface area contributed by atoms with E-state index in [4.69, 9.17) is 23.2 Å². The topological polar surface area (TPSA) is 15.3 Å². The molecule has 1 aromatic rings. The van der Waals surface area contributed by atoms with Crippen molar-refractivity contribution in [2.24, 2.45) is 0 Å². The number of hydrogen-bond acceptors (Lipinski definition) is 3. The zero-order valence-corrected chi connectivity index (χ0v) is 12.5. The Labute approximate surface area is 117 Å². The highest BCUT2D eigenvalue weighted by Gasteiger charge is 2.24. The van der Waals surface area contributed by atoms with Crippen molar-refractivity contribution in [3.63, 3.8) is 0 Å². The largest absolute Gasteiger partial charge is 0.315 e. The molecule has 2 rings (SSSR count). The lowest BCUT2D eigenvalue weighted by Gasteiger charge is -2.35. The summed E-state index contributed by atoms with van der Waals surface area (Å²) < 4.78 is 1.59. The second kappa shape index (κ2) is 5.89. The van der Waals surface area contributed by atoms with Gasteiger partial charge in [-0.3, -0.25) is 4.90 Å². The van der Waals surface area contributed by atoms with Gasteiger partial charge in [-0.25, -0.2) is 0 Å². The standard InChI is InChI=1S/C12H18Cl2N2S/c1-8(10-6-11(13)17-12(10)14)16(2)9-4-3-5-15-7-9/h6,8-9,15H,3-5,7H2,1-2H3. The maximum atomic E-state index is 6.21. The molecule has 2 unspecified atom stereocenters. The van der Waals surface area contributed by atoms with E-state index in [-0.39, 0.29) is 0 Å². The summed E-state index contributed by atoms with van der Waals surface area (Å²) in [6, 6.07) is 2.90. The van der Waals surface area contributed by atoms with Crippen LogP contribution in [0.1, 0.15) is 31.4 Å². The smallest absolute Gasteiger partial charge is 0.0991 e. The van der Waals surface area contributed by atoms with Gasteiger partial charge in [-0.15, -0.1) is 11.3 Å². The number of piperidine rings is 1. The van der Waals surface area contributed by atoms with Crippen LogP contribution in [-0.2, 0) is 0 Å². The first kappa shape index (κ1) is 13.6. The van der Waals surface area contributed by atoms with Crippen molar-refractivity contribution in [2.75, 3.05) is 20.1 Å². The van der Waals surface area contributed by atoms with Crippen molar-refractivity contribution < 1.29 is 0 Å². The molecule has 17 heavy (non-hydrogen) atoms. The van der Waals surface area contributed by atoms with Crippen LogP contribution in [0.4, 0.5) is 0 Å². The Hall–Kier alpha value is 0.200. The number of nitrogens with one attached hydrogen (secondary N) is 1. The summed E-state index contributed by atoms with van der Waals surface area (Å²) in [7, 11) is 2.17. The van der Waals surface area contributed by atoms with Gasteiger partial charge in [0.15, 0.2) is 0 Å². The van der Waals surface area contributed by atoms with Gasteiger partial charge in [0.2, 0.25) is 0 Å². The number of thiophene rings is 1. The molecule has 1 aliphatic rings. The molecule has 0 bridgehead atoms. The van der Waals surface area contributed by atoms with Crippen LogP contribution in [0.25, 0.3) is 0 Å². The zero-order chi connectivity index (χ0) is 12.4. The predicted molar refractivity (Wildman–Crippen MR) is 76.4 cm³/mol. The Morgan fingerprint density at radius 3 is 2.82 bits per heavy atom. The third-order valence-corrected chi connectivity index (χ3v) is 5.11. The molecule has 0 spiro atoms. The Balaban J connectivity index is 2.08. The molecule has 2 heterocycles. The average molecular weight is 293 g/mol. The van der Waals surface area contributed by atoms with Gasteiger partial charge >= 0.3 is 0 Å². The third kappa shape index (κ3) is 3.15. The fraction of sp³-hybridized carbons (Fsp3) is 0.667. The minimum atomic E-state index is 0.316. The summed E-state index contributed by atoms with van der Waals surface area (Å²) in [5, 5.41) is 3.44. The molecular formula is C12H18Cl2N2S. The van der Waals surface area contributed by atoms with Crippen molar-refractivity contribution in [1.29, 1.82) is 0 Å². The van der Waals surface area contributed by atoms with Gasteiger partial charge in [-0.05, 0) is 39.4 Å². The van der Waals surface area contributed by atoms with Gasteiger partial charge < -0.3 is 5.32 Å². The number of nitrogens with zero attached hydrogens (tertiary/aromatic N) is 1. The fourth-order valence-electron chi connectivity index (χ4n) is 2.35. The summed E-state index contributed by atoms with van der Waals surface area (Å²) in [6.45, 7) is 4.40. The first-order valence-electron chi connectivity index (χ1n) is 5.97. The van der Waals surface area contributed by atoms with Gasteiger partial charge in [0.1, 0.15) is 0 Å². The molecule has 0 radical (unpaired) electrons. The molecule has 0 saturated carbocycles. The molecule has 1 aliphatic heterocycles. The molecule has 1 saturated heterocycles. The highest BCUT2D eigenvalue weighted by Crippen LogP contribution is 2.37. The molecule has 1 N–H and O–H groups in total. The van der Waals surface area contributed by atoms with E-state index >= 15 is 0 Å². The van der Waals surface area contributed by atoms with Crippen LogP contribution >= 0.6 is 34.5 Å². The Morgan fingerprint density at radius 2 is 2.29 bits per heavy atom. The third-order valence-electron chi connectivity index (χ3n) is 3.59. The maximum Gasteiger partial charge on any atom is 0.0991 e. The Bertz CT molecular complexity index is 375. The highest BCUT2D eigenvalue weighted by molar-refractivity contribution is 7.20. The molecule has 1 fully saturated rings. The van der Waals surface area contributed by atoms with Crippen LogP contribution in [0.5, 0.6) is 0 Å². The minimum Gasteiger partial charge on any atom is -0.315 e. The summed E-state index contributed by atoms with van der Waals surface area (Å²) in [4.78, 5) is 2.40. The lowest BCUT2D eigenvalue weighted by Crippen LogP contribution is -2.45. The fourth-order valence-corrected chi connectivity index (χ4v) is 3.99. The van der Waals surface area contributed by atoms with E-state index in [1.807, 2.05) is 6.07 Å². The van der Waals surface area contributed by atoms with Crippen LogP contribution in [0.15, 0.2) is 6.07 Å². The van der Waals surface area contributed by atoms with Gasteiger partial charge in [-0.1, -0.05) is 23.2 Å². The lowest BCUT2D eigenvalue weighted by molar-refractivity contribution is 0.156. The van der Waals surface area contributed by atoms with E-state index in [1.165, 1.54) is 24.2 Å². The van der Waals surface area contributed by atoms with E-state index in [0.29, 0.717) is 12.1 Å². The quantitative estimate of drug-likeness (QED) is 0.912. The van der Waals surface area contributed by atoms with E-state index in [2.05, 4.69) is 24.2 Å². The number of halogens is 2. The summed E-state index contributed by atoms with van der Waals surface area (Å²) in [6.07, 6.45) is 2.50. The molecule has 0 aromatic carbocycles. The molecule has 5 heteroatoms. The molecule has 0 amide bonds. The van der Waals surface area contributed by atoms with Crippen LogP contribution in [0, 0.1) is 0 Å². The van der Waals surface area contributed by atoms with Gasteiger partial charge in [0.25, 0.3) is 0 Å². The van der Waals surface area contributed by atoms with E-state index in [9.17, 15) is 0 Å². The predicted octanol–water partition coefficient (Wildman–Crippen LogP) is 3.80. The van der Waals surface area contributed by atoms with E-state index in [0.717, 1.165) is 27.3 Å².